The van der Waals surface area contributed by atoms with Gasteiger partial charge in [0.1, 0.15) is 0 Å². The molecule has 0 amide bonds. The monoisotopic (exact) mass is 585 g/mol. The molecule has 0 aliphatic heterocycles. The maximum absolute atomic E-state index is 2.79. The molecule has 0 saturated carbocycles. The molecule has 30 heavy (non-hydrogen) atoms. The van der Waals surface area contributed by atoms with Crippen molar-refractivity contribution in [1.29, 1.82) is 0 Å². The SMILES string of the molecule is Cc1cc(C)c(Cn2c(C)c(C)n(-c3c(C(C)C)cccc3C(C)C)[c]2=[Au-])c(C)c1. The van der Waals surface area contributed by atoms with Gasteiger partial charge in [0.2, 0.25) is 0 Å². The minimum atomic E-state index is 0.476. The molecule has 1 aromatic heterocycles. The molecule has 0 atom stereocenters. The number of benzene rings is 2. The summed E-state index contributed by atoms with van der Waals surface area (Å²) in [4.78, 5) is 0. The normalized spacial score (nSPS) is 11.8. The summed E-state index contributed by atoms with van der Waals surface area (Å²) in [7, 11) is 0. The summed E-state index contributed by atoms with van der Waals surface area (Å²) in [6.45, 7) is 21.3. The molecule has 0 saturated heterocycles. The second kappa shape index (κ2) is 8.86. The van der Waals surface area contributed by atoms with Crippen LogP contribution in [0.4, 0.5) is 0 Å². The zero-order valence-corrected chi connectivity index (χ0v) is 22.1. The average Bonchev–Trinajstić information content (AvgIpc) is 2.86. The summed E-state index contributed by atoms with van der Waals surface area (Å²) in [5.74, 6) is 0.951. The van der Waals surface area contributed by atoms with Gasteiger partial charge in [-0.3, -0.25) is 0 Å². The zero-order chi connectivity index (χ0) is 22.3. The molecule has 0 fully saturated rings. The minimum absolute atomic E-state index is 0.476. The Kier molecular flexibility index (Phi) is 6.81. The zero-order valence-electron chi connectivity index (χ0n) is 19.9. The van der Waals surface area contributed by atoms with Crippen molar-refractivity contribution < 1.29 is 20.6 Å². The van der Waals surface area contributed by atoms with Gasteiger partial charge in [0.05, 0.1) is 0 Å². The molecule has 0 radical (unpaired) electrons. The van der Waals surface area contributed by atoms with Gasteiger partial charge >= 0.3 is 195 Å². The first-order valence-corrected chi connectivity index (χ1v) is 12.1. The number of hydrogen-bond acceptors (Lipinski definition) is 0. The standard InChI is InChI=1S/C27H36N2.Au/c1-17(2)24-11-10-12-25(18(3)4)27(24)29-16-28(22(8)23(29)9)15-26-20(6)13-19(5)14-21(26)7;/h10-14,17-18H,15H2,1-9H3;/q;-1. The van der Waals surface area contributed by atoms with Gasteiger partial charge < -0.3 is 0 Å². The molecule has 0 aliphatic rings. The molecule has 2 nitrogen and oxygen atoms in total. The van der Waals surface area contributed by atoms with Crippen molar-refractivity contribution in [2.75, 3.05) is 0 Å². The topological polar surface area (TPSA) is 9.86 Å². The third kappa shape index (κ3) is 4.10. The van der Waals surface area contributed by atoms with Crippen LogP contribution in [0.15, 0.2) is 30.3 Å². The maximum atomic E-state index is 2.79. The fraction of sp³-hybridized carbons (Fsp3) is 0.444. The Bertz CT molecular complexity index is 1090. The third-order valence-electron chi connectivity index (χ3n) is 6.36. The van der Waals surface area contributed by atoms with E-state index in [4.69, 9.17) is 0 Å². The number of rotatable bonds is 5. The van der Waals surface area contributed by atoms with Crippen LogP contribution in [0, 0.1) is 38.2 Å². The van der Waals surface area contributed by atoms with E-state index in [1.165, 1.54) is 54.1 Å². The van der Waals surface area contributed by atoms with Crippen molar-refractivity contribution in [3.63, 3.8) is 0 Å². The van der Waals surface area contributed by atoms with Crippen molar-refractivity contribution in [2.45, 2.75) is 80.7 Å². The van der Waals surface area contributed by atoms with Crippen LogP contribution in [0.1, 0.15) is 84.3 Å². The van der Waals surface area contributed by atoms with Gasteiger partial charge in [0, 0.05) is 0 Å². The molecular weight excluding hydrogens is 549 g/mol. The summed E-state index contributed by atoms with van der Waals surface area (Å²) in [6, 6.07) is 11.4. The first kappa shape index (κ1) is 23.1. The molecule has 0 N–H and O–H groups in total. The molecule has 3 rings (SSSR count). The van der Waals surface area contributed by atoms with E-state index in [0.717, 1.165) is 6.54 Å². The van der Waals surface area contributed by atoms with Gasteiger partial charge in [-0.15, -0.1) is 0 Å². The Morgan fingerprint density at radius 1 is 0.800 bits per heavy atom. The van der Waals surface area contributed by atoms with Gasteiger partial charge in [-0.1, -0.05) is 0 Å². The van der Waals surface area contributed by atoms with Crippen LogP contribution in [0.5, 0.6) is 0 Å². The van der Waals surface area contributed by atoms with Gasteiger partial charge in [0.15, 0.2) is 0 Å². The van der Waals surface area contributed by atoms with E-state index in [0.29, 0.717) is 11.8 Å². The van der Waals surface area contributed by atoms with Crippen molar-refractivity contribution in [3.8, 4) is 5.69 Å². The first-order valence-electron chi connectivity index (χ1n) is 11.0. The molecule has 166 valence electrons. The van der Waals surface area contributed by atoms with E-state index in [1.807, 2.05) is 0 Å². The molecule has 2 aromatic carbocycles. The fourth-order valence-corrected chi connectivity index (χ4v) is 5.69. The summed E-state index contributed by atoms with van der Waals surface area (Å²) in [5, 5.41) is 0. The summed E-state index contributed by atoms with van der Waals surface area (Å²) in [5.41, 5.74) is 12.4. The second-order valence-corrected chi connectivity index (χ2v) is 10.3. The van der Waals surface area contributed by atoms with E-state index in [9.17, 15) is 0 Å². The molecule has 0 aliphatic carbocycles. The molecule has 3 aromatic rings. The number of imidazole rings is 1. The Labute approximate surface area is 194 Å². The van der Waals surface area contributed by atoms with Crippen molar-refractivity contribution >= 4 is 0 Å². The van der Waals surface area contributed by atoms with E-state index in [-0.39, 0.29) is 0 Å². The van der Waals surface area contributed by atoms with Crippen molar-refractivity contribution in [3.05, 3.63) is 78.7 Å². The summed E-state index contributed by atoms with van der Waals surface area (Å²) >= 11 is 2.79. The Balaban J connectivity index is 2.27. The quantitative estimate of drug-likeness (QED) is 0.281. The number of nitrogens with zero attached hydrogens (tertiary/aromatic N) is 2. The number of para-hydroxylation sites is 1. The van der Waals surface area contributed by atoms with E-state index in [2.05, 4.69) is 122 Å². The number of hydrogen-bond donors (Lipinski definition) is 0. The molecular formula is C27H36AuN2-. The molecule has 0 bridgehead atoms. The molecule has 1 heterocycles. The van der Waals surface area contributed by atoms with Gasteiger partial charge in [-0.05, 0) is 0 Å². The van der Waals surface area contributed by atoms with E-state index in [1.54, 1.807) is 0 Å². The first-order chi connectivity index (χ1) is 14.0. The van der Waals surface area contributed by atoms with Crippen LogP contribution >= 0.6 is 0 Å². The number of aromatic nitrogens is 2. The predicted octanol–water partition coefficient (Wildman–Crippen LogP) is 7.19. The van der Waals surface area contributed by atoms with Crippen LogP contribution in [-0.2, 0) is 27.1 Å². The Morgan fingerprint density at radius 3 is 1.77 bits per heavy atom. The number of aryl methyl sites for hydroxylation is 3. The van der Waals surface area contributed by atoms with Crippen molar-refractivity contribution in [1.82, 2.24) is 9.13 Å². The molecule has 0 unspecified atom stereocenters. The van der Waals surface area contributed by atoms with E-state index >= 15 is 0 Å². The average molecular weight is 586 g/mol. The van der Waals surface area contributed by atoms with Crippen LogP contribution in [0.2, 0.25) is 0 Å². The van der Waals surface area contributed by atoms with E-state index < -0.39 is 0 Å². The van der Waals surface area contributed by atoms with Crippen LogP contribution in [0.3, 0.4) is 0 Å². The molecule has 3 heteroatoms. The fourth-order valence-electron chi connectivity index (χ4n) is 4.55. The summed E-state index contributed by atoms with van der Waals surface area (Å²) < 4.78 is 6.21. The Morgan fingerprint density at radius 2 is 1.30 bits per heavy atom. The van der Waals surface area contributed by atoms with Crippen LogP contribution in [0.25, 0.3) is 5.69 Å². The van der Waals surface area contributed by atoms with Crippen molar-refractivity contribution in [2.24, 2.45) is 0 Å². The summed E-state index contributed by atoms with van der Waals surface area (Å²) in [6.07, 6.45) is 0. The van der Waals surface area contributed by atoms with Crippen LogP contribution in [-0.4, -0.2) is 9.13 Å². The molecule has 0 spiro atoms. The van der Waals surface area contributed by atoms with Gasteiger partial charge in [-0.25, -0.2) is 0 Å². The third-order valence-corrected chi connectivity index (χ3v) is 7.43. The predicted molar refractivity (Wildman–Crippen MR) is 124 cm³/mol. The van der Waals surface area contributed by atoms with Crippen LogP contribution < -0.4 is 0 Å². The Hall–Kier alpha value is -1.61. The second-order valence-electron chi connectivity index (χ2n) is 9.30. The van der Waals surface area contributed by atoms with Gasteiger partial charge in [-0.2, -0.15) is 0 Å². The van der Waals surface area contributed by atoms with Gasteiger partial charge in [0.25, 0.3) is 0 Å².